The molecule has 0 radical (unpaired) electrons. The quantitative estimate of drug-likeness (QED) is 0.598. The zero-order valence-electron chi connectivity index (χ0n) is 18.7. The highest BCUT2D eigenvalue weighted by molar-refractivity contribution is 5.93. The average Bonchev–Trinajstić information content (AvgIpc) is 3.04. The Morgan fingerprint density at radius 3 is 2.44 bits per heavy atom. The minimum Gasteiger partial charge on any atom is -0.497 e. The van der Waals surface area contributed by atoms with E-state index in [4.69, 9.17) is 4.74 Å². The van der Waals surface area contributed by atoms with Gasteiger partial charge in [-0.3, -0.25) is 9.59 Å². The number of aliphatic carboxylic acids is 1. The lowest BCUT2D eigenvalue weighted by Gasteiger charge is -2.25. The number of carbonyl (C=O) groups excluding carboxylic acids is 1. The maximum absolute atomic E-state index is 12.8. The van der Waals surface area contributed by atoms with Crippen LogP contribution in [0, 0.1) is 5.92 Å². The predicted octanol–water partition coefficient (Wildman–Crippen LogP) is 3.35. The number of anilines is 2. The molecule has 0 saturated carbocycles. The first-order chi connectivity index (χ1) is 16.2. The molecule has 34 heavy (non-hydrogen) atoms. The number of halogens is 3. The molecule has 8 nitrogen and oxygen atoms in total. The van der Waals surface area contributed by atoms with Gasteiger partial charge >= 0.3 is 12.1 Å². The average molecular weight is 480 g/mol. The van der Waals surface area contributed by atoms with E-state index in [9.17, 15) is 27.9 Å². The van der Waals surface area contributed by atoms with E-state index in [0.717, 1.165) is 12.3 Å². The van der Waals surface area contributed by atoms with E-state index in [0.29, 0.717) is 49.9 Å². The van der Waals surface area contributed by atoms with Crippen LogP contribution in [0.2, 0.25) is 0 Å². The minimum atomic E-state index is -4.44. The molecular formula is C23H27F3N4O4. The summed E-state index contributed by atoms with van der Waals surface area (Å²) in [5, 5.41) is 12.3. The van der Waals surface area contributed by atoms with Crippen molar-refractivity contribution >= 4 is 23.4 Å². The number of ether oxygens (including phenoxy) is 1. The standard InChI is InChI=1S/C23H27F3N4O4/c1-34-19-6-4-18(5-7-19)28-21(31)13-16(22(32)33)15-29-9-2-10-30(12-11-29)20-8-3-17(14-27-20)23(24,25)26/h3-8,14,16H,2,9-13,15H2,1H3,(H,28,31)(H,32,33)/t16-/m0/s1. The first kappa shape index (κ1) is 25.3. The van der Waals surface area contributed by atoms with E-state index >= 15 is 0 Å². The molecule has 3 rings (SSSR count). The largest absolute Gasteiger partial charge is 0.497 e. The second kappa shape index (κ2) is 11.2. The van der Waals surface area contributed by atoms with E-state index in [1.54, 1.807) is 24.3 Å². The van der Waals surface area contributed by atoms with Crippen LogP contribution in [-0.2, 0) is 15.8 Å². The number of nitrogens with zero attached hydrogens (tertiary/aromatic N) is 3. The van der Waals surface area contributed by atoms with E-state index in [1.165, 1.54) is 13.2 Å². The van der Waals surface area contributed by atoms with Crippen molar-refractivity contribution in [1.29, 1.82) is 0 Å². The number of aromatic nitrogens is 1. The smallest absolute Gasteiger partial charge is 0.417 e. The van der Waals surface area contributed by atoms with E-state index < -0.39 is 29.5 Å². The Balaban J connectivity index is 1.54. The molecule has 0 bridgehead atoms. The van der Waals surface area contributed by atoms with Crippen molar-refractivity contribution in [3.05, 3.63) is 48.2 Å². The molecule has 184 valence electrons. The lowest BCUT2D eigenvalue weighted by Crippen LogP contribution is -2.37. The molecule has 1 amide bonds. The molecule has 1 saturated heterocycles. The van der Waals surface area contributed by atoms with Crippen LogP contribution < -0.4 is 15.0 Å². The number of carboxylic acid groups (broad SMARTS) is 1. The van der Waals surface area contributed by atoms with Gasteiger partial charge in [-0.05, 0) is 49.4 Å². The van der Waals surface area contributed by atoms with Crippen molar-refractivity contribution in [2.24, 2.45) is 5.92 Å². The van der Waals surface area contributed by atoms with Gasteiger partial charge in [0, 0.05) is 44.5 Å². The van der Waals surface area contributed by atoms with Crippen molar-refractivity contribution in [1.82, 2.24) is 9.88 Å². The molecule has 1 aliphatic heterocycles. The molecule has 1 aliphatic rings. The lowest BCUT2D eigenvalue weighted by atomic mass is 10.0. The molecule has 0 aliphatic carbocycles. The second-order valence-electron chi connectivity index (χ2n) is 8.06. The Morgan fingerprint density at radius 2 is 1.85 bits per heavy atom. The highest BCUT2D eigenvalue weighted by atomic mass is 19.4. The second-order valence-corrected chi connectivity index (χ2v) is 8.06. The lowest BCUT2D eigenvalue weighted by molar-refractivity contribution is -0.144. The summed E-state index contributed by atoms with van der Waals surface area (Å²) in [5.74, 6) is -1.26. The number of methoxy groups -OCH3 is 1. The van der Waals surface area contributed by atoms with Gasteiger partial charge in [0.2, 0.25) is 5.91 Å². The monoisotopic (exact) mass is 480 g/mol. The van der Waals surface area contributed by atoms with E-state index in [2.05, 4.69) is 10.3 Å². The Hall–Kier alpha value is -3.34. The summed E-state index contributed by atoms with van der Waals surface area (Å²) in [6.07, 6.45) is -3.11. The van der Waals surface area contributed by atoms with Crippen LogP contribution in [-0.4, -0.2) is 66.7 Å². The van der Waals surface area contributed by atoms with Crippen LogP contribution in [0.15, 0.2) is 42.6 Å². The Labute approximate surface area is 195 Å². The third-order valence-electron chi connectivity index (χ3n) is 5.62. The SMILES string of the molecule is COc1ccc(NC(=O)C[C@@H](CN2CCCN(c3ccc(C(F)(F)F)cn3)CC2)C(=O)O)cc1. The fourth-order valence-corrected chi connectivity index (χ4v) is 3.78. The summed E-state index contributed by atoms with van der Waals surface area (Å²) in [4.78, 5) is 32.0. The molecule has 0 unspecified atom stereocenters. The molecule has 1 atom stereocenters. The van der Waals surface area contributed by atoms with Crippen molar-refractivity contribution < 1.29 is 32.6 Å². The highest BCUT2D eigenvalue weighted by Gasteiger charge is 2.31. The third-order valence-corrected chi connectivity index (χ3v) is 5.62. The van der Waals surface area contributed by atoms with Crippen molar-refractivity contribution in [2.45, 2.75) is 19.0 Å². The Kier molecular flexibility index (Phi) is 8.32. The zero-order valence-corrected chi connectivity index (χ0v) is 18.7. The van der Waals surface area contributed by atoms with Gasteiger partial charge in [-0.1, -0.05) is 0 Å². The maximum atomic E-state index is 12.8. The summed E-state index contributed by atoms with van der Waals surface area (Å²) < 4.78 is 43.4. The predicted molar refractivity (Wildman–Crippen MR) is 120 cm³/mol. The van der Waals surface area contributed by atoms with Gasteiger partial charge in [0.25, 0.3) is 0 Å². The Morgan fingerprint density at radius 1 is 1.12 bits per heavy atom. The molecule has 2 heterocycles. The topological polar surface area (TPSA) is 95.0 Å². The van der Waals surface area contributed by atoms with Gasteiger partial charge in [-0.2, -0.15) is 13.2 Å². The highest BCUT2D eigenvalue weighted by Crippen LogP contribution is 2.29. The Bertz CT molecular complexity index is 968. The normalized spacial score (nSPS) is 15.9. The summed E-state index contributed by atoms with van der Waals surface area (Å²) in [6.45, 7) is 2.39. The third kappa shape index (κ3) is 7.08. The molecule has 0 spiro atoms. The first-order valence-electron chi connectivity index (χ1n) is 10.8. The van der Waals surface area contributed by atoms with Gasteiger partial charge in [0.1, 0.15) is 11.6 Å². The number of hydrogen-bond donors (Lipinski definition) is 2. The van der Waals surface area contributed by atoms with Crippen molar-refractivity contribution in [3.8, 4) is 5.75 Å². The van der Waals surface area contributed by atoms with E-state index in [-0.39, 0.29) is 13.0 Å². The molecule has 1 fully saturated rings. The summed E-state index contributed by atoms with van der Waals surface area (Å²) in [5.41, 5.74) is -0.255. The van der Waals surface area contributed by atoms with Crippen LogP contribution in [0.4, 0.5) is 24.7 Å². The number of alkyl halides is 3. The van der Waals surface area contributed by atoms with Gasteiger partial charge in [-0.15, -0.1) is 0 Å². The fourth-order valence-electron chi connectivity index (χ4n) is 3.78. The number of carbonyl (C=O) groups is 2. The number of nitrogens with one attached hydrogen (secondary N) is 1. The molecule has 2 aromatic rings. The molecule has 2 N–H and O–H groups in total. The maximum Gasteiger partial charge on any atom is 0.417 e. The van der Waals surface area contributed by atoms with Crippen molar-refractivity contribution in [2.75, 3.05) is 50.1 Å². The van der Waals surface area contributed by atoms with Crippen LogP contribution in [0.25, 0.3) is 0 Å². The van der Waals surface area contributed by atoms with Gasteiger partial charge in [-0.25, -0.2) is 4.98 Å². The first-order valence-corrected chi connectivity index (χ1v) is 10.8. The minimum absolute atomic E-state index is 0.179. The fraction of sp³-hybridized carbons (Fsp3) is 0.435. The number of benzene rings is 1. The van der Waals surface area contributed by atoms with Gasteiger partial charge in [0.05, 0.1) is 18.6 Å². The zero-order chi connectivity index (χ0) is 24.7. The van der Waals surface area contributed by atoms with Gasteiger partial charge in [0.15, 0.2) is 0 Å². The molecule has 11 heteroatoms. The molecule has 1 aromatic heterocycles. The number of hydrogen-bond acceptors (Lipinski definition) is 6. The van der Waals surface area contributed by atoms with E-state index in [1.807, 2.05) is 9.80 Å². The van der Waals surface area contributed by atoms with Crippen LogP contribution in [0.3, 0.4) is 0 Å². The summed E-state index contributed by atoms with van der Waals surface area (Å²) >= 11 is 0. The summed E-state index contributed by atoms with van der Waals surface area (Å²) in [6, 6.07) is 9.09. The van der Waals surface area contributed by atoms with Crippen LogP contribution in [0.1, 0.15) is 18.4 Å². The molecule has 1 aromatic carbocycles. The van der Waals surface area contributed by atoms with Crippen LogP contribution >= 0.6 is 0 Å². The van der Waals surface area contributed by atoms with Gasteiger partial charge < -0.3 is 25.0 Å². The number of amides is 1. The van der Waals surface area contributed by atoms with Crippen molar-refractivity contribution in [3.63, 3.8) is 0 Å². The molecular weight excluding hydrogens is 453 g/mol. The number of rotatable bonds is 8. The number of pyridine rings is 1. The van der Waals surface area contributed by atoms with Crippen LogP contribution in [0.5, 0.6) is 5.75 Å². The number of carboxylic acids is 1. The summed E-state index contributed by atoms with van der Waals surface area (Å²) in [7, 11) is 1.53.